The van der Waals surface area contributed by atoms with Crippen LogP contribution in [-0.4, -0.2) is 18.8 Å². The van der Waals surface area contributed by atoms with Gasteiger partial charge in [-0.2, -0.15) is 5.10 Å². The molecule has 4 N–H and O–H groups in total. The second-order valence-corrected chi connectivity index (χ2v) is 4.22. The number of unbranched alkanes of at least 4 members (excludes halogenated alkanes) is 3. The lowest BCUT2D eigenvalue weighted by atomic mass is 10.2. The van der Waals surface area contributed by atoms with Gasteiger partial charge >= 0.3 is 0 Å². The van der Waals surface area contributed by atoms with E-state index in [0.717, 1.165) is 17.7 Å². The van der Waals surface area contributed by atoms with Gasteiger partial charge in [0.2, 0.25) is 5.96 Å². The highest BCUT2D eigenvalue weighted by atomic mass is 16.5. The van der Waals surface area contributed by atoms with Crippen molar-refractivity contribution in [2.75, 3.05) is 6.61 Å². The molecule has 0 aliphatic rings. The minimum absolute atomic E-state index is 0.0609. The topological polar surface area (TPSA) is 86.0 Å². The smallest absolute Gasteiger partial charge is 0.211 e. The largest absolute Gasteiger partial charge is 0.493 e. The molecule has 0 fully saturated rings. The first-order valence-electron chi connectivity index (χ1n) is 6.58. The summed E-state index contributed by atoms with van der Waals surface area (Å²) in [6, 6.07) is 7.67. The first kappa shape index (κ1) is 15.0. The van der Waals surface area contributed by atoms with Crippen molar-refractivity contribution in [2.24, 2.45) is 21.7 Å². The summed E-state index contributed by atoms with van der Waals surface area (Å²) in [6.45, 7) is 2.91. The van der Waals surface area contributed by atoms with Crippen molar-refractivity contribution >= 4 is 12.2 Å². The maximum absolute atomic E-state index is 5.74. The van der Waals surface area contributed by atoms with Crippen LogP contribution >= 0.6 is 0 Å². The third-order valence-electron chi connectivity index (χ3n) is 2.54. The van der Waals surface area contributed by atoms with Crippen LogP contribution < -0.4 is 16.2 Å². The molecule has 0 saturated carbocycles. The molecular weight excluding hydrogens is 240 g/mol. The van der Waals surface area contributed by atoms with E-state index < -0.39 is 0 Å². The Bertz CT molecular complexity index is 425. The molecule has 0 spiro atoms. The number of guanidine groups is 1. The van der Waals surface area contributed by atoms with Gasteiger partial charge in [0.25, 0.3) is 0 Å². The number of benzene rings is 1. The molecular formula is C14H22N4O. The van der Waals surface area contributed by atoms with E-state index in [1.54, 1.807) is 6.21 Å². The van der Waals surface area contributed by atoms with E-state index in [1.807, 2.05) is 24.3 Å². The van der Waals surface area contributed by atoms with Crippen molar-refractivity contribution in [1.29, 1.82) is 0 Å². The summed E-state index contributed by atoms with van der Waals surface area (Å²) >= 11 is 0. The summed E-state index contributed by atoms with van der Waals surface area (Å²) in [5, 5.41) is 7.36. The van der Waals surface area contributed by atoms with Crippen LogP contribution in [0, 0.1) is 0 Å². The van der Waals surface area contributed by atoms with Crippen LogP contribution in [0.1, 0.15) is 38.2 Å². The van der Waals surface area contributed by atoms with Gasteiger partial charge in [-0.25, -0.2) is 0 Å². The molecule has 0 heterocycles. The van der Waals surface area contributed by atoms with Crippen LogP contribution in [0.15, 0.2) is 34.5 Å². The van der Waals surface area contributed by atoms with Crippen molar-refractivity contribution in [3.63, 3.8) is 0 Å². The van der Waals surface area contributed by atoms with Gasteiger partial charge in [0.15, 0.2) is 0 Å². The lowest BCUT2D eigenvalue weighted by Gasteiger charge is -2.08. The fraction of sp³-hybridized carbons (Fsp3) is 0.429. The summed E-state index contributed by atoms with van der Waals surface area (Å²) in [4.78, 5) is 0. The van der Waals surface area contributed by atoms with Gasteiger partial charge in [-0.1, -0.05) is 38.3 Å². The van der Waals surface area contributed by atoms with Gasteiger partial charge in [0, 0.05) is 5.56 Å². The Kier molecular flexibility index (Phi) is 7.09. The number of hydrogen-bond acceptors (Lipinski definition) is 3. The maximum Gasteiger partial charge on any atom is 0.211 e. The maximum atomic E-state index is 5.74. The van der Waals surface area contributed by atoms with Crippen LogP contribution in [0.25, 0.3) is 0 Å². The van der Waals surface area contributed by atoms with Crippen LogP contribution in [-0.2, 0) is 0 Å². The SMILES string of the molecule is CCCCCCOc1ccccc1/C=N/N=C(N)N. The van der Waals surface area contributed by atoms with E-state index in [0.29, 0.717) is 6.61 Å². The fourth-order valence-electron chi connectivity index (χ4n) is 1.59. The Labute approximate surface area is 114 Å². The molecule has 19 heavy (non-hydrogen) atoms. The van der Waals surface area contributed by atoms with Crippen LogP contribution in [0.4, 0.5) is 0 Å². The van der Waals surface area contributed by atoms with Gasteiger partial charge < -0.3 is 16.2 Å². The van der Waals surface area contributed by atoms with E-state index in [1.165, 1.54) is 19.3 Å². The van der Waals surface area contributed by atoms with Crippen LogP contribution in [0.2, 0.25) is 0 Å². The Morgan fingerprint density at radius 2 is 2.00 bits per heavy atom. The van der Waals surface area contributed by atoms with Gasteiger partial charge in [-0.05, 0) is 18.6 Å². The lowest BCUT2D eigenvalue weighted by molar-refractivity contribution is 0.304. The zero-order valence-corrected chi connectivity index (χ0v) is 11.4. The van der Waals surface area contributed by atoms with E-state index in [2.05, 4.69) is 17.1 Å². The highest BCUT2D eigenvalue weighted by molar-refractivity contribution is 5.84. The molecule has 1 rings (SSSR count). The van der Waals surface area contributed by atoms with E-state index in [4.69, 9.17) is 16.2 Å². The number of hydrogen-bond donors (Lipinski definition) is 2. The molecule has 0 amide bonds. The quantitative estimate of drug-likeness (QED) is 0.326. The third kappa shape index (κ3) is 6.45. The van der Waals surface area contributed by atoms with Gasteiger partial charge in [-0.15, -0.1) is 5.10 Å². The normalized spacial score (nSPS) is 10.6. The second kappa shape index (κ2) is 8.97. The minimum Gasteiger partial charge on any atom is -0.493 e. The van der Waals surface area contributed by atoms with Crippen LogP contribution in [0.3, 0.4) is 0 Å². The summed E-state index contributed by atoms with van der Waals surface area (Å²) in [5.74, 6) is 0.739. The molecule has 0 unspecified atom stereocenters. The molecule has 5 heteroatoms. The van der Waals surface area contributed by atoms with Crippen molar-refractivity contribution in [3.8, 4) is 5.75 Å². The highest BCUT2D eigenvalue weighted by Crippen LogP contribution is 2.16. The molecule has 0 radical (unpaired) electrons. The second-order valence-electron chi connectivity index (χ2n) is 4.22. The minimum atomic E-state index is -0.0609. The van der Waals surface area contributed by atoms with Gasteiger partial charge in [-0.3, -0.25) is 0 Å². The van der Waals surface area contributed by atoms with Gasteiger partial charge in [0.1, 0.15) is 5.75 Å². The molecule has 104 valence electrons. The summed E-state index contributed by atoms with van der Waals surface area (Å²) < 4.78 is 5.74. The van der Waals surface area contributed by atoms with E-state index in [-0.39, 0.29) is 5.96 Å². The zero-order valence-electron chi connectivity index (χ0n) is 11.4. The number of para-hydroxylation sites is 1. The Morgan fingerprint density at radius 1 is 1.21 bits per heavy atom. The molecule has 1 aromatic rings. The first-order valence-corrected chi connectivity index (χ1v) is 6.58. The monoisotopic (exact) mass is 262 g/mol. The summed E-state index contributed by atoms with van der Waals surface area (Å²) in [6.07, 6.45) is 6.31. The average Bonchev–Trinajstić information content (AvgIpc) is 2.40. The Morgan fingerprint density at radius 3 is 2.74 bits per heavy atom. The number of rotatable bonds is 8. The van der Waals surface area contributed by atoms with Crippen LogP contribution in [0.5, 0.6) is 5.75 Å². The molecule has 0 atom stereocenters. The molecule has 0 saturated heterocycles. The van der Waals surface area contributed by atoms with Gasteiger partial charge in [0.05, 0.1) is 12.8 Å². The van der Waals surface area contributed by atoms with Crippen molar-refractivity contribution in [3.05, 3.63) is 29.8 Å². The molecule has 1 aromatic carbocycles. The Balaban J connectivity index is 2.53. The number of nitrogens with zero attached hydrogens (tertiary/aromatic N) is 2. The van der Waals surface area contributed by atoms with Crippen molar-refractivity contribution < 1.29 is 4.74 Å². The zero-order chi connectivity index (χ0) is 13.9. The summed E-state index contributed by atoms with van der Waals surface area (Å²) in [7, 11) is 0. The van der Waals surface area contributed by atoms with Crippen molar-refractivity contribution in [2.45, 2.75) is 32.6 Å². The number of nitrogens with two attached hydrogens (primary N) is 2. The molecule has 0 aliphatic carbocycles. The number of ether oxygens (including phenoxy) is 1. The predicted molar refractivity (Wildman–Crippen MR) is 79.5 cm³/mol. The molecule has 0 aromatic heterocycles. The summed E-state index contributed by atoms with van der Waals surface area (Å²) in [5.41, 5.74) is 11.3. The van der Waals surface area contributed by atoms with E-state index in [9.17, 15) is 0 Å². The standard InChI is InChI=1S/C14H22N4O/c1-2-3-4-7-10-19-13-9-6-5-8-12(13)11-17-18-14(15)16/h5-6,8-9,11H,2-4,7,10H2,1H3,(H4,15,16,18)/b17-11+. The van der Waals surface area contributed by atoms with E-state index >= 15 is 0 Å². The lowest BCUT2D eigenvalue weighted by Crippen LogP contribution is -2.21. The molecule has 5 nitrogen and oxygen atoms in total. The Hall–Kier alpha value is -2.04. The molecule has 0 bridgehead atoms. The van der Waals surface area contributed by atoms with Crippen molar-refractivity contribution in [1.82, 2.24) is 0 Å². The third-order valence-corrected chi connectivity index (χ3v) is 2.54. The fourth-order valence-corrected chi connectivity index (χ4v) is 1.59. The highest BCUT2D eigenvalue weighted by Gasteiger charge is 2.00. The predicted octanol–water partition coefficient (Wildman–Crippen LogP) is 2.25. The molecule has 0 aliphatic heterocycles. The average molecular weight is 262 g/mol. The first-order chi connectivity index (χ1) is 9.24.